The number of aromatic nitrogens is 2. The molecule has 0 unspecified atom stereocenters. The Hall–Kier alpha value is -3.33. The average Bonchev–Trinajstić information content (AvgIpc) is 3.01. The molecule has 132 valence electrons. The maximum absolute atomic E-state index is 12.3. The average molecular weight is 347 g/mol. The van der Waals surface area contributed by atoms with Crippen LogP contribution in [0.5, 0.6) is 0 Å². The highest BCUT2D eigenvalue weighted by molar-refractivity contribution is 5.98. The molecule has 0 spiro atoms. The van der Waals surface area contributed by atoms with E-state index in [0.717, 1.165) is 23.1 Å². The molecular weight excluding hydrogens is 326 g/mol. The largest absolute Gasteiger partial charge is 0.383 e. The molecule has 1 aromatic carbocycles. The van der Waals surface area contributed by atoms with Crippen LogP contribution in [0.4, 0.5) is 5.82 Å². The first-order valence-electron chi connectivity index (χ1n) is 8.66. The number of benzene rings is 1. The van der Waals surface area contributed by atoms with Crippen LogP contribution in [0.1, 0.15) is 35.8 Å². The summed E-state index contributed by atoms with van der Waals surface area (Å²) >= 11 is 0. The zero-order valence-electron chi connectivity index (χ0n) is 14.7. The number of anilines is 1. The number of hydrogen-bond acceptors (Lipinski definition) is 4. The minimum atomic E-state index is -0.262. The Balaban J connectivity index is 2.05. The quantitative estimate of drug-likeness (QED) is 0.716. The summed E-state index contributed by atoms with van der Waals surface area (Å²) in [5.74, 6) is 0.0675. The summed E-state index contributed by atoms with van der Waals surface area (Å²) in [7, 11) is 0. The predicted molar refractivity (Wildman–Crippen MR) is 102 cm³/mol. The smallest absolute Gasteiger partial charge is 0.273 e. The molecular formula is C20H21N5O. The number of carbonyl (C=O) groups excluding carboxylic acids is 1. The summed E-state index contributed by atoms with van der Waals surface area (Å²) in [6.45, 7) is 2.57. The number of pyridine rings is 1. The van der Waals surface area contributed by atoms with Gasteiger partial charge in [-0.25, -0.2) is 4.98 Å². The molecule has 0 radical (unpaired) electrons. The van der Waals surface area contributed by atoms with Crippen molar-refractivity contribution in [3.63, 3.8) is 0 Å². The van der Waals surface area contributed by atoms with Gasteiger partial charge in [-0.05, 0) is 36.1 Å². The molecule has 6 heteroatoms. The van der Waals surface area contributed by atoms with Crippen molar-refractivity contribution in [3.05, 3.63) is 53.9 Å². The zero-order valence-corrected chi connectivity index (χ0v) is 14.7. The Morgan fingerprint density at radius 1 is 1.35 bits per heavy atom. The monoisotopic (exact) mass is 347 g/mol. The van der Waals surface area contributed by atoms with Gasteiger partial charge in [0.2, 0.25) is 0 Å². The third-order valence-corrected chi connectivity index (χ3v) is 4.20. The van der Waals surface area contributed by atoms with Gasteiger partial charge in [0, 0.05) is 24.7 Å². The molecule has 3 aromatic rings. The highest BCUT2D eigenvalue weighted by Crippen LogP contribution is 2.27. The molecule has 0 bridgehead atoms. The lowest BCUT2D eigenvalue weighted by molar-refractivity contribution is 0.0950. The normalized spacial score (nSPS) is 10.6. The lowest BCUT2D eigenvalue weighted by Gasteiger charge is -2.06. The van der Waals surface area contributed by atoms with E-state index in [1.54, 1.807) is 10.6 Å². The van der Waals surface area contributed by atoms with Crippen LogP contribution >= 0.6 is 0 Å². The second-order valence-corrected chi connectivity index (χ2v) is 6.08. The van der Waals surface area contributed by atoms with Gasteiger partial charge in [0.25, 0.3) is 5.91 Å². The fourth-order valence-corrected chi connectivity index (χ4v) is 2.90. The number of carbonyl (C=O) groups is 1. The first kappa shape index (κ1) is 17.5. The van der Waals surface area contributed by atoms with E-state index in [9.17, 15) is 4.79 Å². The van der Waals surface area contributed by atoms with Crippen molar-refractivity contribution in [2.45, 2.75) is 26.2 Å². The molecule has 0 saturated carbocycles. The lowest BCUT2D eigenvalue weighted by Crippen LogP contribution is -2.25. The Bertz CT molecular complexity index is 984. The van der Waals surface area contributed by atoms with E-state index in [1.165, 1.54) is 0 Å². The molecule has 6 nitrogen and oxygen atoms in total. The van der Waals surface area contributed by atoms with Gasteiger partial charge in [-0.15, -0.1) is 0 Å². The number of nitrogen functional groups attached to an aromatic ring is 1. The van der Waals surface area contributed by atoms with Crippen LogP contribution in [0.25, 0.3) is 16.8 Å². The Kier molecular flexibility index (Phi) is 5.18. The third-order valence-electron chi connectivity index (χ3n) is 4.20. The van der Waals surface area contributed by atoms with Gasteiger partial charge >= 0.3 is 0 Å². The molecule has 1 amide bonds. The van der Waals surface area contributed by atoms with Crippen LogP contribution in [-0.4, -0.2) is 21.8 Å². The van der Waals surface area contributed by atoms with Gasteiger partial charge in [-0.2, -0.15) is 5.26 Å². The van der Waals surface area contributed by atoms with Gasteiger partial charge in [0.15, 0.2) is 5.69 Å². The second kappa shape index (κ2) is 7.70. The van der Waals surface area contributed by atoms with Crippen LogP contribution in [0.3, 0.4) is 0 Å². The number of rotatable bonds is 6. The molecule has 0 fully saturated rings. The summed E-state index contributed by atoms with van der Waals surface area (Å²) in [4.78, 5) is 16.8. The van der Waals surface area contributed by atoms with Crippen molar-refractivity contribution >= 4 is 17.4 Å². The van der Waals surface area contributed by atoms with E-state index in [0.29, 0.717) is 30.9 Å². The highest BCUT2D eigenvalue weighted by Gasteiger charge is 2.18. The van der Waals surface area contributed by atoms with E-state index >= 15 is 0 Å². The van der Waals surface area contributed by atoms with E-state index in [4.69, 9.17) is 11.0 Å². The zero-order chi connectivity index (χ0) is 18.5. The van der Waals surface area contributed by atoms with E-state index < -0.39 is 0 Å². The minimum absolute atomic E-state index is 0.242. The first-order chi connectivity index (χ1) is 12.7. The summed E-state index contributed by atoms with van der Waals surface area (Å²) in [5, 5.41) is 11.6. The molecule has 0 aliphatic carbocycles. The number of nitrogens with zero attached hydrogens (tertiary/aromatic N) is 3. The number of amides is 1. The second-order valence-electron chi connectivity index (χ2n) is 6.08. The van der Waals surface area contributed by atoms with Gasteiger partial charge in [-0.1, -0.05) is 31.2 Å². The van der Waals surface area contributed by atoms with Gasteiger partial charge in [-0.3, -0.25) is 9.20 Å². The van der Waals surface area contributed by atoms with Crippen molar-refractivity contribution < 1.29 is 4.79 Å². The van der Waals surface area contributed by atoms with Crippen molar-refractivity contribution in [1.29, 1.82) is 5.26 Å². The summed E-state index contributed by atoms with van der Waals surface area (Å²) < 4.78 is 1.73. The lowest BCUT2D eigenvalue weighted by atomic mass is 10.0. The summed E-state index contributed by atoms with van der Waals surface area (Å²) in [6.07, 6.45) is 3.83. The van der Waals surface area contributed by atoms with Crippen LogP contribution in [0.15, 0.2) is 42.6 Å². The number of nitrogens with one attached hydrogen (secondary N) is 1. The van der Waals surface area contributed by atoms with Crippen molar-refractivity contribution in [2.24, 2.45) is 0 Å². The fourth-order valence-electron chi connectivity index (χ4n) is 2.90. The SMILES string of the molecule is CCCNC(=O)c1nc2c(-c3cccc(CCC#N)c3)cccn2c1N. The van der Waals surface area contributed by atoms with Crippen LogP contribution < -0.4 is 11.1 Å². The molecule has 26 heavy (non-hydrogen) atoms. The maximum Gasteiger partial charge on any atom is 0.273 e. The Morgan fingerprint density at radius 2 is 2.19 bits per heavy atom. The van der Waals surface area contributed by atoms with E-state index in [-0.39, 0.29) is 11.6 Å². The number of fused-ring (bicyclic) bond motifs is 1. The van der Waals surface area contributed by atoms with E-state index in [1.807, 2.05) is 43.3 Å². The fraction of sp³-hybridized carbons (Fsp3) is 0.250. The standard InChI is InChI=1S/C20H21N5O/c1-2-11-23-20(26)17-18(22)25-12-5-9-16(19(25)24-17)15-8-3-6-14(13-15)7-4-10-21/h3,5-6,8-9,12-13H,2,4,7,11,22H2,1H3,(H,23,26). The van der Waals surface area contributed by atoms with Gasteiger partial charge < -0.3 is 11.1 Å². The molecule has 0 aliphatic rings. The number of nitrogens with two attached hydrogens (primary N) is 1. The molecule has 0 aliphatic heterocycles. The van der Waals surface area contributed by atoms with Crippen LogP contribution in [0.2, 0.25) is 0 Å². The van der Waals surface area contributed by atoms with Crippen LogP contribution in [-0.2, 0) is 6.42 Å². The molecule has 2 heterocycles. The first-order valence-corrected chi connectivity index (χ1v) is 8.66. The topological polar surface area (TPSA) is 96.2 Å². The van der Waals surface area contributed by atoms with Crippen LogP contribution in [0, 0.1) is 11.3 Å². The summed E-state index contributed by atoms with van der Waals surface area (Å²) in [6, 6.07) is 14.0. The number of nitriles is 1. The van der Waals surface area contributed by atoms with Crippen molar-refractivity contribution in [3.8, 4) is 17.2 Å². The number of imidazole rings is 1. The molecule has 0 saturated heterocycles. The molecule has 2 aromatic heterocycles. The van der Waals surface area contributed by atoms with Gasteiger partial charge in [0.05, 0.1) is 6.07 Å². The molecule has 0 atom stereocenters. The third kappa shape index (κ3) is 3.38. The Morgan fingerprint density at radius 3 is 2.96 bits per heavy atom. The number of hydrogen-bond donors (Lipinski definition) is 2. The highest BCUT2D eigenvalue weighted by atomic mass is 16.1. The minimum Gasteiger partial charge on any atom is -0.383 e. The Labute approximate surface area is 152 Å². The van der Waals surface area contributed by atoms with Crippen molar-refractivity contribution in [2.75, 3.05) is 12.3 Å². The van der Waals surface area contributed by atoms with Crippen molar-refractivity contribution in [1.82, 2.24) is 14.7 Å². The molecule has 3 N–H and O–H groups in total. The number of aryl methyl sites for hydroxylation is 1. The summed E-state index contributed by atoms with van der Waals surface area (Å²) in [5.41, 5.74) is 10.0. The van der Waals surface area contributed by atoms with Gasteiger partial charge in [0.1, 0.15) is 11.5 Å². The predicted octanol–water partition coefficient (Wildman–Crippen LogP) is 3.18. The van der Waals surface area contributed by atoms with E-state index in [2.05, 4.69) is 16.4 Å². The maximum atomic E-state index is 12.3. The molecule has 3 rings (SSSR count).